The highest BCUT2D eigenvalue weighted by Gasteiger charge is 2.14. The number of hydrogen-bond donors (Lipinski definition) is 0. The summed E-state index contributed by atoms with van der Waals surface area (Å²) in [5.74, 6) is 0.550. The van der Waals surface area contributed by atoms with E-state index in [1.807, 2.05) is 24.3 Å². The standard InChI is InChI=1S/C21H26ClFN2O/c1-24-11-13-25(14-12-24)10-4-6-17-15-19(22)8-9-21(17)26-16-18-5-2-3-7-20(18)23/h2-3,5,7-9,15H,4,6,10-14,16H2,1H3. The molecule has 2 aromatic rings. The Labute approximate surface area is 160 Å². The summed E-state index contributed by atoms with van der Waals surface area (Å²) in [4.78, 5) is 4.87. The van der Waals surface area contributed by atoms with Gasteiger partial charge in [-0.05, 0) is 56.3 Å². The van der Waals surface area contributed by atoms with E-state index in [1.54, 1.807) is 12.1 Å². The van der Waals surface area contributed by atoms with Gasteiger partial charge in [0.25, 0.3) is 0 Å². The van der Waals surface area contributed by atoms with Gasteiger partial charge in [-0.2, -0.15) is 0 Å². The molecule has 0 atom stereocenters. The third-order valence-electron chi connectivity index (χ3n) is 4.88. The van der Waals surface area contributed by atoms with Crippen molar-refractivity contribution in [2.75, 3.05) is 39.8 Å². The zero-order chi connectivity index (χ0) is 18.4. The number of piperazine rings is 1. The van der Waals surface area contributed by atoms with Crippen molar-refractivity contribution in [1.29, 1.82) is 0 Å². The van der Waals surface area contributed by atoms with E-state index in [9.17, 15) is 4.39 Å². The Balaban J connectivity index is 1.56. The molecule has 1 saturated heterocycles. The van der Waals surface area contributed by atoms with Gasteiger partial charge in [-0.3, -0.25) is 0 Å². The van der Waals surface area contributed by atoms with Crippen LogP contribution in [0.15, 0.2) is 42.5 Å². The molecule has 26 heavy (non-hydrogen) atoms. The van der Waals surface area contributed by atoms with Gasteiger partial charge in [-0.25, -0.2) is 4.39 Å². The maximum absolute atomic E-state index is 13.8. The van der Waals surface area contributed by atoms with Crippen LogP contribution < -0.4 is 4.74 Å². The first-order valence-electron chi connectivity index (χ1n) is 9.17. The molecule has 0 aliphatic carbocycles. The van der Waals surface area contributed by atoms with Crippen LogP contribution in [0.5, 0.6) is 5.75 Å². The highest BCUT2D eigenvalue weighted by molar-refractivity contribution is 6.30. The summed E-state index contributed by atoms with van der Waals surface area (Å²) in [6, 6.07) is 12.4. The summed E-state index contributed by atoms with van der Waals surface area (Å²) in [5.41, 5.74) is 1.65. The second-order valence-corrected chi connectivity index (χ2v) is 7.32. The molecule has 0 radical (unpaired) electrons. The van der Waals surface area contributed by atoms with Crippen LogP contribution in [0.4, 0.5) is 4.39 Å². The van der Waals surface area contributed by atoms with Crippen molar-refractivity contribution < 1.29 is 9.13 Å². The molecule has 2 aromatic carbocycles. The van der Waals surface area contributed by atoms with E-state index in [4.69, 9.17) is 16.3 Å². The van der Waals surface area contributed by atoms with Gasteiger partial charge < -0.3 is 14.5 Å². The molecule has 0 amide bonds. The maximum Gasteiger partial charge on any atom is 0.129 e. The van der Waals surface area contributed by atoms with Gasteiger partial charge in [0, 0.05) is 36.8 Å². The lowest BCUT2D eigenvalue weighted by Crippen LogP contribution is -2.44. The number of rotatable bonds is 7. The van der Waals surface area contributed by atoms with Crippen LogP contribution in [-0.4, -0.2) is 49.6 Å². The van der Waals surface area contributed by atoms with Gasteiger partial charge in [0.05, 0.1) is 0 Å². The van der Waals surface area contributed by atoms with Gasteiger partial charge in [-0.1, -0.05) is 29.8 Å². The molecule has 0 bridgehead atoms. The fraction of sp³-hybridized carbons (Fsp3) is 0.429. The van der Waals surface area contributed by atoms with E-state index in [1.165, 1.54) is 6.07 Å². The summed E-state index contributed by atoms with van der Waals surface area (Å²) < 4.78 is 19.7. The Morgan fingerprint density at radius 1 is 1.04 bits per heavy atom. The number of nitrogens with zero attached hydrogens (tertiary/aromatic N) is 2. The van der Waals surface area contributed by atoms with Gasteiger partial charge in [0.2, 0.25) is 0 Å². The fourth-order valence-electron chi connectivity index (χ4n) is 3.22. The van der Waals surface area contributed by atoms with Crippen LogP contribution in [-0.2, 0) is 13.0 Å². The largest absolute Gasteiger partial charge is 0.489 e. The average Bonchev–Trinajstić information content (AvgIpc) is 2.64. The third kappa shape index (κ3) is 5.44. The monoisotopic (exact) mass is 376 g/mol. The molecule has 3 rings (SSSR count). The lowest BCUT2D eigenvalue weighted by Gasteiger charge is -2.32. The van der Waals surface area contributed by atoms with E-state index >= 15 is 0 Å². The molecule has 0 N–H and O–H groups in total. The predicted molar refractivity (Wildman–Crippen MR) is 104 cm³/mol. The quantitative estimate of drug-likeness (QED) is 0.718. The SMILES string of the molecule is CN1CCN(CCCc2cc(Cl)ccc2OCc2ccccc2F)CC1. The van der Waals surface area contributed by atoms with Gasteiger partial charge in [0.1, 0.15) is 18.2 Å². The molecule has 1 fully saturated rings. The molecule has 0 saturated carbocycles. The Morgan fingerprint density at radius 3 is 2.58 bits per heavy atom. The summed E-state index contributed by atoms with van der Waals surface area (Å²) in [5, 5.41) is 0.706. The zero-order valence-corrected chi connectivity index (χ0v) is 16.0. The summed E-state index contributed by atoms with van der Waals surface area (Å²) in [6.07, 6.45) is 1.96. The average molecular weight is 377 g/mol. The molecule has 5 heteroatoms. The molecule has 0 spiro atoms. The Kier molecular flexibility index (Phi) is 6.89. The van der Waals surface area contributed by atoms with Crippen LogP contribution in [0, 0.1) is 5.82 Å². The number of aryl methyl sites for hydroxylation is 1. The topological polar surface area (TPSA) is 15.7 Å². The summed E-state index contributed by atoms with van der Waals surface area (Å²) in [6.45, 7) is 5.82. The first-order valence-corrected chi connectivity index (χ1v) is 9.55. The van der Waals surface area contributed by atoms with Crippen LogP contribution in [0.1, 0.15) is 17.5 Å². The van der Waals surface area contributed by atoms with E-state index < -0.39 is 0 Å². The van der Waals surface area contributed by atoms with Gasteiger partial charge >= 0.3 is 0 Å². The number of likely N-dealkylation sites (N-methyl/N-ethyl adjacent to an activating group) is 1. The van der Waals surface area contributed by atoms with Crippen LogP contribution in [0.2, 0.25) is 5.02 Å². The van der Waals surface area contributed by atoms with Crippen molar-refractivity contribution in [3.05, 3.63) is 64.4 Å². The van der Waals surface area contributed by atoms with Crippen molar-refractivity contribution >= 4 is 11.6 Å². The highest BCUT2D eigenvalue weighted by atomic mass is 35.5. The number of halogens is 2. The van der Waals surface area contributed by atoms with Crippen LogP contribution >= 0.6 is 11.6 Å². The molecular weight excluding hydrogens is 351 g/mol. The lowest BCUT2D eigenvalue weighted by atomic mass is 10.1. The fourth-order valence-corrected chi connectivity index (χ4v) is 3.41. The minimum Gasteiger partial charge on any atom is -0.489 e. The Bertz CT molecular complexity index is 717. The number of benzene rings is 2. The van der Waals surface area contributed by atoms with Crippen molar-refractivity contribution in [2.45, 2.75) is 19.4 Å². The Morgan fingerprint density at radius 2 is 1.81 bits per heavy atom. The second kappa shape index (κ2) is 9.36. The molecule has 1 heterocycles. The van der Waals surface area contributed by atoms with Gasteiger partial charge in [0.15, 0.2) is 0 Å². The smallest absolute Gasteiger partial charge is 0.129 e. The lowest BCUT2D eigenvalue weighted by molar-refractivity contribution is 0.153. The molecule has 1 aliphatic rings. The number of hydrogen-bond acceptors (Lipinski definition) is 3. The molecule has 0 unspecified atom stereocenters. The maximum atomic E-state index is 13.8. The van der Waals surface area contributed by atoms with Crippen LogP contribution in [0.25, 0.3) is 0 Å². The van der Waals surface area contributed by atoms with E-state index in [-0.39, 0.29) is 12.4 Å². The minimum absolute atomic E-state index is 0.222. The Hall–Kier alpha value is -1.62. The van der Waals surface area contributed by atoms with E-state index in [0.717, 1.165) is 56.9 Å². The van der Waals surface area contributed by atoms with Gasteiger partial charge in [-0.15, -0.1) is 0 Å². The third-order valence-corrected chi connectivity index (χ3v) is 5.11. The zero-order valence-electron chi connectivity index (χ0n) is 15.3. The predicted octanol–water partition coefficient (Wildman–Crippen LogP) is 4.24. The molecule has 3 nitrogen and oxygen atoms in total. The minimum atomic E-state index is -0.238. The molecule has 1 aliphatic heterocycles. The van der Waals surface area contributed by atoms with E-state index in [2.05, 4.69) is 16.8 Å². The highest BCUT2D eigenvalue weighted by Crippen LogP contribution is 2.25. The van der Waals surface area contributed by atoms with Crippen LogP contribution in [0.3, 0.4) is 0 Å². The van der Waals surface area contributed by atoms with Crippen molar-refractivity contribution in [3.63, 3.8) is 0 Å². The normalized spacial score (nSPS) is 16.0. The first-order chi connectivity index (χ1) is 12.6. The number of ether oxygens (including phenoxy) is 1. The van der Waals surface area contributed by atoms with E-state index in [0.29, 0.717) is 10.6 Å². The first kappa shape index (κ1) is 19.2. The summed E-state index contributed by atoms with van der Waals surface area (Å²) in [7, 11) is 2.17. The van der Waals surface area contributed by atoms with Crippen molar-refractivity contribution in [3.8, 4) is 5.75 Å². The summed E-state index contributed by atoms with van der Waals surface area (Å²) >= 11 is 6.17. The molecular formula is C21H26ClFN2O. The second-order valence-electron chi connectivity index (χ2n) is 6.88. The molecule has 140 valence electrons. The molecule has 0 aromatic heterocycles. The van der Waals surface area contributed by atoms with Crippen molar-refractivity contribution in [1.82, 2.24) is 9.80 Å². The van der Waals surface area contributed by atoms with Crippen molar-refractivity contribution in [2.24, 2.45) is 0 Å².